The third-order valence-corrected chi connectivity index (χ3v) is 4.84. The highest BCUT2D eigenvalue weighted by Crippen LogP contribution is 2.33. The quantitative estimate of drug-likeness (QED) is 0.532. The number of hydrogen-bond acceptors (Lipinski definition) is 5. The average molecular weight is 400 g/mol. The third kappa shape index (κ3) is 4.64. The van der Waals surface area contributed by atoms with E-state index in [0.717, 1.165) is 19.3 Å². The van der Waals surface area contributed by atoms with Gasteiger partial charge in [-0.05, 0) is 30.7 Å². The standard InChI is InChI=1S/C20H21FN4O2S/c1-2-3-6-11-27-18-9-8-14(12-15(18)21)25(19(22)26)20-24-17(13-28-20)16-7-4-5-10-23-16/h4-5,7-10,12-13H,2-3,6,11H2,1H3,(H2,22,26). The van der Waals surface area contributed by atoms with Crippen LogP contribution in [0.4, 0.5) is 20.0 Å². The van der Waals surface area contributed by atoms with Crippen LogP contribution in [0.3, 0.4) is 0 Å². The largest absolute Gasteiger partial charge is 0.491 e. The first kappa shape index (κ1) is 19.8. The SMILES string of the molecule is CCCCCOc1ccc(N(C(N)=O)c2nc(-c3ccccn3)cs2)cc1F. The van der Waals surface area contributed by atoms with Crippen molar-refractivity contribution in [2.45, 2.75) is 26.2 Å². The number of rotatable bonds is 8. The summed E-state index contributed by atoms with van der Waals surface area (Å²) in [7, 11) is 0. The van der Waals surface area contributed by atoms with Gasteiger partial charge in [0.05, 0.1) is 18.0 Å². The number of benzene rings is 1. The summed E-state index contributed by atoms with van der Waals surface area (Å²) in [6.45, 7) is 2.54. The number of ether oxygens (including phenoxy) is 1. The van der Waals surface area contributed by atoms with Gasteiger partial charge in [0.1, 0.15) is 5.69 Å². The second-order valence-electron chi connectivity index (χ2n) is 6.07. The maximum atomic E-state index is 14.4. The second-order valence-corrected chi connectivity index (χ2v) is 6.91. The highest BCUT2D eigenvalue weighted by Gasteiger charge is 2.21. The minimum Gasteiger partial charge on any atom is -0.491 e. The summed E-state index contributed by atoms with van der Waals surface area (Å²) in [5, 5.41) is 2.11. The summed E-state index contributed by atoms with van der Waals surface area (Å²) in [6.07, 6.45) is 4.61. The molecule has 2 aromatic heterocycles. The Morgan fingerprint density at radius 3 is 2.79 bits per heavy atom. The molecule has 0 aliphatic heterocycles. The van der Waals surface area contributed by atoms with Crippen LogP contribution in [0.25, 0.3) is 11.4 Å². The highest BCUT2D eigenvalue weighted by atomic mass is 32.1. The zero-order chi connectivity index (χ0) is 19.9. The minimum atomic E-state index is -0.752. The monoisotopic (exact) mass is 400 g/mol. The van der Waals surface area contributed by atoms with Crippen molar-refractivity contribution >= 4 is 28.2 Å². The van der Waals surface area contributed by atoms with Crippen molar-refractivity contribution < 1.29 is 13.9 Å². The van der Waals surface area contributed by atoms with E-state index in [9.17, 15) is 9.18 Å². The summed E-state index contributed by atoms with van der Waals surface area (Å²) >= 11 is 1.23. The molecule has 0 bridgehead atoms. The fourth-order valence-corrected chi connectivity index (χ4v) is 3.45. The van der Waals surface area contributed by atoms with Crippen LogP contribution in [-0.2, 0) is 0 Å². The van der Waals surface area contributed by atoms with Crippen LogP contribution in [0.2, 0.25) is 0 Å². The summed E-state index contributed by atoms with van der Waals surface area (Å²) in [6, 6.07) is 9.03. The van der Waals surface area contributed by atoms with E-state index >= 15 is 0 Å². The average Bonchev–Trinajstić information content (AvgIpc) is 3.17. The Labute approximate surface area is 166 Å². The molecule has 1 aromatic carbocycles. The molecule has 2 heterocycles. The fraction of sp³-hybridized carbons (Fsp3) is 0.250. The molecule has 0 aliphatic carbocycles. The minimum absolute atomic E-state index is 0.151. The van der Waals surface area contributed by atoms with Gasteiger partial charge in [0.25, 0.3) is 0 Å². The van der Waals surface area contributed by atoms with Gasteiger partial charge in [-0.25, -0.2) is 19.1 Å². The van der Waals surface area contributed by atoms with Crippen molar-refractivity contribution in [1.29, 1.82) is 0 Å². The van der Waals surface area contributed by atoms with Gasteiger partial charge < -0.3 is 10.5 Å². The number of nitrogens with two attached hydrogens (primary N) is 1. The van der Waals surface area contributed by atoms with E-state index in [0.29, 0.717) is 23.1 Å². The molecule has 3 aromatic rings. The van der Waals surface area contributed by atoms with Crippen molar-refractivity contribution in [3.8, 4) is 17.1 Å². The van der Waals surface area contributed by atoms with E-state index in [1.165, 1.54) is 28.4 Å². The van der Waals surface area contributed by atoms with Crippen LogP contribution in [0.1, 0.15) is 26.2 Å². The summed E-state index contributed by atoms with van der Waals surface area (Å²) in [5.41, 5.74) is 7.11. The Kier molecular flexibility index (Phi) is 6.54. The zero-order valence-corrected chi connectivity index (χ0v) is 16.3. The molecule has 2 N–H and O–H groups in total. The molecule has 146 valence electrons. The number of carbonyl (C=O) groups excluding carboxylic acids is 1. The van der Waals surface area contributed by atoms with Crippen molar-refractivity contribution in [2.75, 3.05) is 11.5 Å². The Morgan fingerprint density at radius 1 is 1.25 bits per heavy atom. The second kappa shape index (κ2) is 9.27. The third-order valence-electron chi connectivity index (χ3n) is 4.01. The van der Waals surface area contributed by atoms with Crippen LogP contribution in [0, 0.1) is 5.82 Å². The van der Waals surface area contributed by atoms with Crippen molar-refractivity contribution in [2.24, 2.45) is 5.73 Å². The number of pyridine rings is 1. The first-order chi connectivity index (χ1) is 13.6. The van der Waals surface area contributed by atoms with Crippen LogP contribution in [-0.4, -0.2) is 22.6 Å². The van der Waals surface area contributed by atoms with Crippen LogP contribution in [0.5, 0.6) is 5.75 Å². The van der Waals surface area contributed by atoms with Crippen LogP contribution < -0.4 is 15.4 Å². The van der Waals surface area contributed by atoms with E-state index in [-0.39, 0.29) is 11.4 Å². The van der Waals surface area contributed by atoms with Crippen LogP contribution >= 0.6 is 11.3 Å². The van der Waals surface area contributed by atoms with Crippen LogP contribution in [0.15, 0.2) is 48.0 Å². The number of unbranched alkanes of at least 4 members (excludes halogenated alkanes) is 2. The molecule has 28 heavy (non-hydrogen) atoms. The van der Waals surface area contributed by atoms with Gasteiger partial charge in [0.2, 0.25) is 0 Å². The number of amides is 2. The van der Waals surface area contributed by atoms with Gasteiger partial charge in [0, 0.05) is 17.6 Å². The van der Waals surface area contributed by atoms with E-state index < -0.39 is 11.8 Å². The lowest BCUT2D eigenvalue weighted by molar-refractivity contribution is 0.256. The number of primary amides is 1. The van der Waals surface area contributed by atoms with Gasteiger partial charge >= 0.3 is 6.03 Å². The Morgan fingerprint density at radius 2 is 2.11 bits per heavy atom. The fourth-order valence-electron chi connectivity index (χ4n) is 2.61. The molecule has 8 heteroatoms. The molecule has 0 unspecified atom stereocenters. The van der Waals surface area contributed by atoms with Gasteiger partial charge in [0.15, 0.2) is 16.7 Å². The number of nitrogens with zero attached hydrogens (tertiary/aromatic N) is 3. The van der Waals surface area contributed by atoms with Crippen molar-refractivity contribution in [1.82, 2.24) is 9.97 Å². The number of urea groups is 1. The maximum absolute atomic E-state index is 14.4. The predicted octanol–water partition coefficient (Wildman–Crippen LogP) is 5.13. The zero-order valence-electron chi connectivity index (χ0n) is 15.5. The first-order valence-corrected chi connectivity index (χ1v) is 9.87. The van der Waals surface area contributed by atoms with E-state index in [1.54, 1.807) is 23.7 Å². The van der Waals surface area contributed by atoms with E-state index in [1.807, 2.05) is 12.1 Å². The molecule has 0 spiro atoms. The highest BCUT2D eigenvalue weighted by molar-refractivity contribution is 7.14. The maximum Gasteiger partial charge on any atom is 0.325 e. The number of aromatic nitrogens is 2. The number of halogens is 1. The molecule has 0 aliphatic rings. The van der Waals surface area contributed by atoms with Gasteiger partial charge in [-0.15, -0.1) is 11.3 Å². The number of hydrogen-bond donors (Lipinski definition) is 1. The lowest BCUT2D eigenvalue weighted by Crippen LogP contribution is -2.31. The number of carbonyl (C=O) groups is 1. The lowest BCUT2D eigenvalue weighted by atomic mass is 10.2. The molecule has 0 atom stereocenters. The van der Waals surface area contributed by atoms with Gasteiger partial charge in [-0.3, -0.25) is 4.98 Å². The van der Waals surface area contributed by atoms with Crippen molar-refractivity contribution in [3.63, 3.8) is 0 Å². The number of thiazole rings is 1. The topological polar surface area (TPSA) is 81.3 Å². The summed E-state index contributed by atoms with van der Waals surface area (Å²) < 4.78 is 19.9. The smallest absolute Gasteiger partial charge is 0.325 e. The first-order valence-electron chi connectivity index (χ1n) is 8.99. The molecule has 0 saturated carbocycles. The Hall–Kier alpha value is -3.00. The molecule has 2 amide bonds. The van der Waals surface area contributed by atoms with E-state index in [2.05, 4.69) is 16.9 Å². The Bertz CT molecular complexity index is 933. The molecule has 0 saturated heterocycles. The Balaban J connectivity index is 1.82. The van der Waals surface area contributed by atoms with Gasteiger partial charge in [-0.2, -0.15) is 0 Å². The van der Waals surface area contributed by atoms with E-state index in [4.69, 9.17) is 10.5 Å². The summed E-state index contributed by atoms with van der Waals surface area (Å²) in [5.74, 6) is -0.403. The molecule has 3 rings (SSSR count). The van der Waals surface area contributed by atoms with Gasteiger partial charge in [-0.1, -0.05) is 25.8 Å². The molecular formula is C20H21FN4O2S. The normalized spacial score (nSPS) is 10.6. The molecule has 0 fully saturated rings. The number of anilines is 2. The summed E-state index contributed by atoms with van der Waals surface area (Å²) in [4.78, 5) is 21.9. The molecule has 6 nitrogen and oxygen atoms in total. The predicted molar refractivity (Wildman–Crippen MR) is 108 cm³/mol. The molecule has 0 radical (unpaired) electrons. The lowest BCUT2D eigenvalue weighted by Gasteiger charge is -2.18. The van der Waals surface area contributed by atoms with Crippen molar-refractivity contribution in [3.05, 3.63) is 53.8 Å². The molecular weight excluding hydrogens is 379 g/mol.